The van der Waals surface area contributed by atoms with Gasteiger partial charge in [0.05, 0.1) is 6.21 Å². The number of rotatable bonds is 4. The average molecular weight is 260 g/mol. The molecule has 0 aliphatic heterocycles. The fourth-order valence-corrected chi connectivity index (χ4v) is 2.05. The topological polar surface area (TPSA) is 54.6 Å². The summed E-state index contributed by atoms with van der Waals surface area (Å²) in [5.74, 6) is 0.388. The van der Waals surface area contributed by atoms with E-state index in [9.17, 15) is 4.79 Å². The molecule has 1 amide bonds. The van der Waals surface area contributed by atoms with Gasteiger partial charge in [-0.3, -0.25) is 4.79 Å². The molecule has 2 aromatic rings. The second kappa shape index (κ2) is 6.07. The van der Waals surface area contributed by atoms with Crippen molar-refractivity contribution in [3.8, 4) is 0 Å². The van der Waals surface area contributed by atoms with E-state index in [4.69, 9.17) is 4.42 Å². The van der Waals surface area contributed by atoms with Crippen LogP contribution in [0.3, 0.4) is 0 Å². The molecule has 92 valence electrons. The molecular weight excluding hydrogens is 248 g/mol. The summed E-state index contributed by atoms with van der Waals surface area (Å²) in [4.78, 5) is 11.7. The van der Waals surface area contributed by atoms with Gasteiger partial charge < -0.3 is 4.42 Å². The zero-order chi connectivity index (χ0) is 12.8. The van der Waals surface area contributed by atoms with Crippen LogP contribution in [-0.4, -0.2) is 12.1 Å². The summed E-state index contributed by atoms with van der Waals surface area (Å²) < 4.78 is 5.53. The highest BCUT2D eigenvalue weighted by Gasteiger charge is 2.02. The van der Waals surface area contributed by atoms with Gasteiger partial charge in [0.15, 0.2) is 5.09 Å². The van der Waals surface area contributed by atoms with Gasteiger partial charge >= 0.3 is 0 Å². The molecule has 0 saturated heterocycles. The van der Waals surface area contributed by atoms with Crippen LogP contribution in [0.4, 0.5) is 0 Å². The number of benzene rings is 1. The monoisotopic (exact) mass is 260 g/mol. The Bertz CT molecular complexity index is 549. The van der Waals surface area contributed by atoms with Crippen LogP contribution in [0.5, 0.6) is 0 Å². The van der Waals surface area contributed by atoms with Crippen molar-refractivity contribution in [3.63, 3.8) is 0 Å². The summed E-state index contributed by atoms with van der Waals surface area (Å²) in [7, 11) is 0. The SMILES string of the molecule is CC(=O)N/N=C/c1ccc(Sc2ccccc2)o1. The molecule has 1 aromatic heterocycles. The van der Waals surface area contributed by atoms with Gasteiger partial charge in [-0.05, 0) is 24.3 Å². The number of amides is 1. The molecule has 1 N–H and O–H groups in total. The molecule has 0 aliphatic carbocycles. The Balaban J connectivity index is 1.98. The van der Waals surface area contributed by atoms with E-state index in [-0.39, 0.29) is 5.91 Å². The second-order valence-electron chi connectivity index (χ2n) is 3.50. The summed E-state index contributed by atoms with van der Waals surface area (Å²) in [5, 5.41) is 4.52. The number of carbonyl (C=O) groups is 1. The van der Waals surface area contributed by atoms with E-state index < -0.39 is 0 Å². The minimum atomic E-state index is -0.211. The van der Waals surface area contributed by atoms with E-state index in [1.807, 2.05) is 36.4 Å². The highest BCUT2D eigenvalue weighted by Crippen LogP contribution is 2.28. The van der Waals surface area contributed by atoms with Gasteiger partial charge in [0.2, 0.25) is 5.91 Å². The molecule has 0 bridgehead atoms. The van der Waals surface area contributed by atoms with E-state index >= 15 is 0 Å². The van der Waals surface area contributed by atoms with Crippen molar-refractivity contribution in [1.82, 2.24) is 5.43 Å². The van der Waals surface area contributed by atoms with Crippen molar-refractivity contribution < 1.29 is 9.21 Å². The van der Waals surface area contributed by atoms with Crippen LogP contribution < -0.4 is 5.43 Å². The first-order chi connectivity index (χ1) is 8.74. The lowest BCUT2D eigenvalue weighted by molar-refractivity contribution is -0.118. The van der Waals surface area contributed by atoms with E-state index in [2.05, 4.69) is 10.5 Å². The maximum atomic E-state index is 10.6. The first-order valence-electron chi connectivity index (χ1n) is 5.36. The molecule has 2 rings (SSSR count). The molecule has 0 radical (unpaired) electrons. The fourth-order valence-electron chi connectivity index (χ4n) is 1.25. The Morgan fingerprint density at radius 3 is 2.78 bits per heavy atom. The number of hydrogen-bond acceptors (Lipinski definition) is 4. The third kappa shape index (κ3) is 3.78. The van der Waals surface area contributed by atoms with Crippen LogP contribution in [0, 0.1) is 0 Å². The zero-order valence-corrected chi connectivity index (χ0v) is 10.6. The molecule has 1 heterocycles. The van der Waals surface area contributed by atoms with Gasteiger partial charge in [0.25, 0.3) is 0 Å². The van der Waals surface area contributed by atoms with Crippen LogP contribution in [0.1, 0.15) is 12.7 Å². The summed E-state index contributed by atoms with van der Waals surface area (Å²) in [5.41, 5.74) is 2.32. The third-order valence-electron chi connectivity index (χ3n) is 1.98. The lowest BCUT2D eigenvalue weighted by atomic mass is 10.4. The Morgan fingerprint density at radius 1 is 1.28 bits per heavy atom. The largest absolute Gasteiger partial charge is 0.448 e. The number of nitrogens with zero attached hydrogens (tertiary/aromatic N) is 1. The first kappa shape index (κ1) is 12.4. The molecule has 0 atom stereocenters. The maximum absolute atomic E-state index is 10.6. The summed E-state index contributed by atoms with van der Waals surface area (Å²) in [6, 6.07) is 13.6. The van der Waals surface area contributed by atoms with Crippen molar-refractivity contribution in [3.05, 3.63) is 48.2 Å². The van der Waals surface area contributed by atoms with Crippen molar-refractivity contribution in [2.24, 2.45) is 5.10 Å². The first-order valence-corrected chi connectivity index (χ1v) is 6.18. The highest BCUT2D eigenvalue weighted by molar-refractivity contribution is 7.99. The lowest BCUT2D eigenvalue weighted by Crippen LogP contribution is -2.12. The summed E-state index contributed by atoms with van der Waals surface area (Å²) in [6.45, 7) is 1.40. The number of hydrazone groups is 1. The number of furan rings is 1. The minimum Gasteiger partial charge on any atom is -0.448 e. The predicted molar refractivity (Wildman–Crippen MR) is 70.7 cm³/mol. The van der Waals surface area contributed by atoms with Gasteiger partial charge in [-0.1, -0.05) is 30.0 Å². The Kier molecular flexibility index (Phi) is 4.20. The van der Waals surface area contributed by atoms with Crippen molar-refractivity contribution in [1.29, 1.82) is 0 Å². The van der Waals surface area contributed by atoms with Gasteiger partial charge in [0, 0.05) is 11.8 Å². The van der Waals surface area contributed by atoms with Gasteiger partial charge in [-0.2, -0.15) is 5.10 Å². The second-order valence-corrected chi connectivity index (χ2v) is 4.58. The van der Waals surface area contributed by atoms with Crippen LogP contribution in [0.2, 0.25) is 0 Å². The van der Waals surface area contributed by atoms with Gasteiger partial charge in [0.1, 0.15) is 5.76 Å². The standard InChI is InChI=1S/C13H12N2O2S/c1-10(16)15-14-9-11-7-8-13(17-11)18-12-5-3-2-4-6-12/h2-9H,1H3,(H,15,16)/b14-9+. The maximum Gasteiger partial charge on any atom is 0.236 e. The number of hydrogen-bond donors (Lipinski definition) is 1. The van der Waals surface area contributed by atoms with Crippen LogP contribution >= 0.6 is 11.8 Å². The molecular formula is C13H12N2O2S. The van der Waals surface area contributed by atoms with E-state index in [0.29, 0.717) is 5.76 Å². The third-order valence-corrected chi connectivity index (χ3v) is 2.91. The van der Waals surface area contributed by atoms with Crippen molar-refractivity contribution >= 4 is 23.9 Å². The number of carbonyl (C=O) groups excluding carboxylic acids is 1. The zero-order valence-electron chi connectivity index (χ0n) is 9.79. The molecule has 4 nitrogen and oxygen atoms in total. The normalized spacial score (nSPS) is 10.7. The Morgan fingerprint density at radius 2 is 2.06 bits per heavy atom. The molecule has 1 aromatic carbocycles. The van der Waals surface area contributed by atoms with Crippen molar-refractivity contribution in [2.45, 2.75) is 16.9 Å². The quantitative estimate of drug-likeness (QED) is 0.679. The molecule has 18 heavy (non-hydrogen) atoms. The van der Waals surface area contributed by atoms with Crippen molar-refractivity contribution in [2.75, 3.05) is 0 Å². The highest BCUT2D eigenvalue weighted by atomic mass is 32.2. The molecule has 0 aliphatic rings. The van der Waals surface area contributed by atoms with Crippen LogP contribution in [0.15, 0.2) is 62.0 Å². The Hall–Kier alpha value is -2.01. The Labute approximate surface area is 109 Å². The van der Waals surface area contributed by atoms with Crippen LogP contribution in [0.25, 0.3) is 0 Å². The molecule has 0 spiro atoms. The molecule has 5 heteroatoms. The van der Waals surface area contributed by atoms with Gasteiger partial charge in [-0.25, -0.2) is 5.43 Å². The minimum absolute atomic E-state index is 0.211. The summed E-state index contributed by atoms with van der Waals surface area (Å²) >= 11 is 1.53. The summed E-state index contributed by atoms with van der Waals surface area (Å²) in [6.07, 6.45) is 1.47. The lowest BCUT2D eigenvalue weighted by Gasteiger charge is -1.95. The fraction of sp³-hybridized carbons (Fsp3) is 0.0769. The van der Waals surface area contributed by atoms with Gasteiger partial charge in [-0.15, -0.1) is 0 Å². The van der Waals surface area contributed by atoms with E-state index in [0.717, 1.165) is 9.99 Å². The van der Waals surface area contributed by atoms with E-state index in [1.54, 1.807) is 6.07 Å². The average Bonchev–Trinajstić information content (AvgIpc) is 2.78. The van der Waals surface area contributed by atoms with Crippen LogP contribution in [-0.2, 0) is 4.79 Å². The predicted octanol–water partition coefficient (Wildman–Crippen LogP) is 2.90. The molecule has 0 fully saturated rings. The smallest absolute Gasteiger partial charge is 0.236 e. The number of nitrogens with one attached hydrogen (secondary N) is 1. The molecule has 0 unspecified atom stereocenters. The van der Waals surface area contributed by atoms with E-state index in [1.165, 1.54) is 24.9 Å². The molecule has 0 saturated carbocycles.